The fourth-order valence-corrected chi connectivity index (χ4v) is 5.46. The topological polar surface area (TPSA) is 85.5 Å². The molecule has 33 heavy (non-hydrogen) atoms. The third kappa shape index (κ3) is 4.09. The Morgan fingerprint density at radius 3 is 2.76 bits per heavy atom. The van der Waals surface area contributed by atoms with Gasteiger partial charge in [-0.15, -0.1) is 0 Å². The highest BCUT2D eigenvalue weighted by Gasteiger charge is 2.54. The third-order valence-electron chi connectivity index (χ3n) is 6.92. The molecule has 2 aliphatic rings. The van der Waals surface area contributed by atoms with Crippen LogP contribution in [0.1, 0.15) is 37.8 Å². The zero-order valence-corrected chi connectivity index (χ0v) is 19.2. The monoisotopic (exact) mass is 449 g/mol. The maximum absolute atomic E-state index is 11.9. The van der Waals surface area contributed by atoms with Crippen LogP contribution in [-0.4, -0.2) is 56.1 Å². The number of aliphatic hydroxyl groups is 1. The number of nitrogens with zero attached hydrogens (tertiary/aromatic N) is 5. The normalized spacial score (nSPS) is 24.7. The lowest BCUT2D eigenvalue weighted by molar-refractivity contribution is -0.0101. The molecule has 1 saturated carbocycles. The molecule has 2 aromatic heterocycles. The van der Waals surface area contributed by atoms with E-state index in [4.69, 9.17) is 9.47 Å². The van der Waals surface area contributed by atoms with Crippen molar-refractivity contribution in [3.8, 4) is 17.6 Å². The molecule has 1 N–H and O–H groups in total. The quantitative estimate of drug-likeness (QED) is 0.565. The van der Waals surface area contributed by atoms with Crippen molar-refractivity contribution in [1.82, 2.24) is 24.6 Å². The van der Waals surface area contributed by atoms with Crippen molar-refractivity contribution in [2.75, 3.05) is 26.3 Å². The van der Waals surface area contributed by atoms with E-state index in [1.54, 1.807) is 12.4 Å². The molecule has 1 aliphatic carbocycles. The number of aromatic nitrogens is 4. The Hall–Kier alpha value is -2.97. The highest BCUT2D eigenvalue weighted by Crippen LogP contribution is 2.52. The van der Waals surface area contributed by atoms with Gasteiger partial charge < -0.3 is 14.6 Å². The van der Waals surface area contributed by atoms with Gasteiger partial charge in [-0.1, -0.05) is 18.2 Å². The van der Waals surface area contributed by atoms with Crippen molar-refractivity contribution in [3.05, 3.63) is 60.0 Å². The predicted octanol–water partition coefficient (Wildman–Crippen LogP) is 3.19. The maximum atomic E-state index is 11.9. The fourth-order valence-electron chi connectivity index (χ4n) is 5.46. The summed E-state index contributed by atoms with van der Waals surface area (Å²) in [5, 5.41) is 16.3. The lowest BCUT2D eigenvalue weighted by atomic mass is 9.83. The summed E-state index contributed by atoms with van der Waals surface area (Å²) < 4.78 is 13.2. The smallest absolute Gasteiger partial charge is 0.319 e. The minimum Gasteiger partial charge on any atom is -0.478 e. The Kier molecular flexibility index (Phi) is 6.03. The number of benzene rings is 1. The summed E-state index contributed by atoms with van der Waals surface area (Å²) in [5.41, 5.74) is 1.99. The summed E-state index contributed by atoms with van der Waals surface area (Å²) in [5.74, 6) is 0.963. The molecular formula is C25H31N5O3. The van der Waals surface area contributed by atoms with Crippen molar-refractivity contribution in [1.29, 1.82) is 0 Å². The van der Waals surface area contributed by atoms with Gasteiger partial charge >= 0.3 is 6.01 Å². The molecular weight excluding hydrogens is 418 g/mol. The van der Waals surface area contributed by atoms with Gasteiger partial charge in [0, 0.05) is 44.1 Å². The Balaban J connectivity index is 1.38. The first-order chi connectivity index (χ1) is 16.1. The summed E-state index contributed by atoms with van der Waals surface area (Å²) in [4.78, 5) is 11.2. The molecule has 0 bridgehead atoms. The second-order valence-corrected chi connectivity index (χ2v) is 8.84. The molecule has 3 heterocycles. The molecule has 174 valence electrons. The number of hydrogen-bond acceptors (Lipinski definition) is 7. The largest absolute Gasteiger partial charge is 0.478 e. The Bertz CT molecular complexity index is 1090. The van der Waals surface area contributed by atoms with Crippen LogP contribution in [0.3, 0.4) is 0 Å². The summed E-state index contributed by atoms with van der Waals surface area (Å²) in [6.45, 7) is 7.35. The Morgan fingerprint density at radius 2 is 1.97 bits per heavy atom. The first-order valence-electron chi connectivity index (χ1n) is 11.8. The predicted molar refractivity (Wildman–Crippen MR) is 123 cm³/mol. The molecule has 1 aromatic carbocycles. The van der Waals surface area contributed by atoms with Crippen LogP contribution in [0.15, 0.2) is 48.9 Å². The van der Waals surface area contributed by atoms with E-state index < -0.39 is 5.60 Å². The first kappa shape index (κ1) is 21.9. The average Bonchev–Trinajstić information content (AvgIpc) is 3.54. The highest BCUT2D eigenvalue weighted by atomic mass is 16.5. The second-order valence-electron chi connectivity index (χ2n) is 8.84. The summed E-state index contributed by atoms with van der Waals surface area (Å²) in [6.07, 6.45) is 7.12. The van der Waals surface area contributed by atoms with E-state index in [0.29, 0.717) is 37.0 Å². The van der Waals surface area contributed by atoms with Crippen LogP contribution in [0.2, 0.25) is 0 Å². The number of para-hydroxylation sites is 1. The van der Waals surface area contributed by atoms with Gasteiger partial charge in [0.2, 0.25) is 5.88 Å². The molecule has 0 spiro atoms. The van der Waals surface area contributed by atoms with Crippen LogP contribution in [0, 0.1) is 11.8 Å². The van der Waals surface area contributed by atoms with Crippen LogP contribution in [0.5, 0.6) is 11.9 Å². The van der Waals surface area contributed by atoms with Crippen molar-refractivity contribution < 1.29 is 14.6 Å². The minimum absolute atomic E-state index is 0.107. The lowest BCUT2D eigenvalue weighted by Gasteiger charge is -2.31. The van der Waals surface area contributed by atoms with E-state index in [0.717, 1.165) is 31.7 Å². The molecule has 3 aromatic rings. The number of hydrogen-bond donors (Lipinski definition) is 1. The standard InChI is InChI=1S/C25H31N5O3/c1-3-32-23-20(14-26-24(28-23)33-4-2)25(31)11-10-18-15-29(17-21(18)25)16-19-8-5-6-9-22(19)30-13-7-12-27-30/h5-9,12-14,18,21,31H,3-4,10-11,15-17H2,1-2H3/t18-,21+,25+/m1/s1. The number of fused-ring (bicyclic) bond motifs is 1. The molecule has 3 atom stereocenters. The lowest BCUT2D eigenvalue weighted by Crippen LogP contribution is -2.35. The van der Waals surface area contributed by atoms with Crippen molar-refractivity contribution in [3.63, 3.8) is 0 Å². The van der Waals surface area contributed by atoms with E-state index in [-0.39, 0.29) is 11.9 Å². The highest BCUT2D eigenvalue weighted by molar-refractivity contribution is 5.40. The van der Waals surface area contributed by atoms with Crippen LogP contribution in [0.25, 0.3) is 5.69 Å². The van der Waals surface area contributed by atoms with Gasteiger partial charge in [-0.3, -0.25) is 4.90 Å². The van der Waals surface area contributed by atoms with E-state index >= 15 is 0 Å². The van der Waals surface area contributed by atoms with Crippen LogP contribution >= 0.6 is 0 Å². The van der Waals surface area contributed by atoms with Gasteiger partial charge in [0.15, 0.2) is 0 Å². The van der Waals surface area contributed by atoms with Crippen molar-refractivity contribution >= 4 is 0 Å². The van der Waals surface area contributed by atoms with Gasteiger partial charge in [0.05, 0.1) is 24.5 Å². The molecule has 8 heteroatoms. The Labute approximate surface area is 194 Å². The molecule has 0 radical (unpaired) electrons. The summed E-state index contributed by atoms with van der Waals surface area (Å²) in [7, 11) is 0. The first-order valence-corrected chi connectivity index (χ1v) is 11.8. The summed E-state index contributed by atoms with van der Waals surface area (Å²) in [6, 6.07) is 10.6. The molecule has 0 amide bonds. The minimum atomic E-state index is -1.00. The van der Waals surface area contributed by atoms with E-state index in [2.05, 4.69) is 38.2 Å². The molecule has 8 nitrogen and oxygen atoms in total. The number of rotatable bonds is 8. The van der Waals surface area contributed by atoms with E-state index in [1.165, 1.54) is 5.56 Å². The van der Waals surface area contributed by atoms with Crippen LogP contribution in [0.4, 0.5) is 0 Å². The molecule has 1 aliphatic heterocycles. The van der Waals surface area contributed by atoms with Crippen LogP contribution in [-0.2, 0) is 12.1 Å². The van der Waals surface area contributed by atoms with Gasteiger partial charge in [-0.25, -0.2) is 9.67 Å². The molecule has 1 saturated heterocycles. The zero-order valence-electron chi connectivity index (χ0n) is 19.2. The maximum Gasteiger partial charge on any atom is 0.319 e. The van der Waals surface area contributed by atoms with Gasteiger partial charge in [-0.2, -0.15) is 10.1 Å². The molecule has 0 unspecified atom stereocenters. The average molecular weight is 450 g/mol. The van der Waals surface area contributed by atoms with Crippen molar-refractivity contribution in [2.24, 2.45) is 11.8 Å². The number of ether oxygens (including phenoxy) is 2. The van der Waals surface area contributed by atoms with E-state index in [9.17, 15) is 5.11 Å². The third-order valence-corrected chi connectivity index (χ3v) is 6.92. The molecule has 5 rings (SSSR count). The van der Waals surface area contributed by atoms with Crippen LogP contribution < -0.4 is 9.47 Å². The van der Waals surface area contributed by atoms with E-state index in [1.807, 2.05) is 36.9 Å². The molecule has 2 fully saturated rings. The van der Waals surface area contributed by atoms with Gasteiger partial charge in [-0.05, 0) is 50.3 Å². The summed E-state index contributed by atoms with van der Waals surface area (Å²) >= 11 is 0. The fraction of sp³-hybridized carbons (Fsp3) is 0.480. The Morgan fingerprint density at radius 1 is 1.12 bits per heavy atom. The number of likely N-dealkylation sites (tertiary alicyclic amines) is 1. The van der Waals surface area contributed by atoms with Crippen molar-refractivity contribution in [2.45, 2.75) is 38.8 Å². The second kappa shape index (κ2) is 9.11. The SMILES string of the molecule is CCOc1ncc([C@@]2(O)CC[C@@H]3CN(Cc4ccccc4-n4cccn4)C[C@@H]32)c(OCC)n1. The van der Waals surface area contributed by atoms with Gasteiger partial charge in [0.25, 0.3) is 0 Å². The van der Waals surface area contributed by atoms with Gasteiger partial charge in [0.1, 0.15) is 5.60 Å². The zero-order chi connectivity index (χ0) is 22.8.